The van der Waals surface area contributed by atoms with Crippen LogP contribution in [-0.2, 0) is 33.2 Å². The molecule has 1 saturated heterocycles. The summed E-state index contributed by atoms with van der Waals surface area (Å²) in [5.41, 5.74) is 9.64. The molecule has 0 bridgehead atoms. The lowest BCUT2D eigenvalue weighted by atomic mass is 10.2. The van der Waals surface area contributed by atoms with Crippen LogP contribution in [0.2, 0.25) is 5.02 Å². The fraction of sp³-hybridized carbons (Fsp3) is 0.611. The number of piperazine rings is 1. The Bertz CT molecular complexity index is 1610. The quantitative estimate of drug-likeness (QED) is 0.0421. The van der Waals surface area contributed by atoms with E-state index in [0.29, 0.717) is 131 Å². The average Bonchev–Trinajstić information content (AvgIpc) is 3.66. The van der Waals surface area contributed by atoms with Gasteiger partial charge in [-0.2, -0.15) is 0 Å². The number of hydrogen-bond donors (Lipinski definition) is 2. The molecule has 0 unspecified atom stereocenters. The first-order valence-corrected chi connectivity index (χ1v) is 19.8. The number of rotatable bonds is 29. The standard InChI is InChI=1S/C36H53ClN10O8S/c1-28-4-3-5-30(37)34(28)44-35(48)31-27-39-36(56-31)43-32-26-33(42-29(2)41-32)47-9-7-46(8-10-47)11-13-50-15-17-52-19-21-54-23-25-55-24-22-53-20-18-51-16-14-49-12-6-40-45-38/h3-5,26-27H,6-25H2,1-2H3,(H,44,48)(H,39,41,42,43). The second-order valence-corrected chi connectivity index (χ2v) is 13.7. The van der Waals surface area contributed by atoms with Crippen LogP contribution in [0.1, 0.15) is 21.1 Å². The third-order valence-electron chi connectivity index (χ3n) is 8.13. The van der Waals surface area contributed by atoms with Gasteiger partial charge in [0.2, 0.25) is 0 Å². The fourth-order valence-electron chi connectivity index (χ4n) is 5.26. The molecule has 1 aliphatic rings. The highest BCUT2D eigenvalue weighted by molar-refractivity contribution is 7.17. The number of hydrogen-bond acceptors (Lipinski definition) is 16. The molecule has 0 aliphatic carbocycles. The summed E-state index contributed by atoms with van der Waals surface area (Å²) in [5, 5.41) is 10.5. The SMILES string of the molecule is Cc1nc(Nc2ncc(C(=O)Nc3c(C)cccc3Cl)s2)cc(N2CCN(CCOCCOCCOCCOCCOCCOCCOCCN=[N+]=[N-])CC2)n1. The molecule has 4 rings (SSSR count). The van der Waals surface area contributed by atoms with E-state index in [1.807, 2.05) is 32.0 Å². The molecule has 3 heterocycles. The number of carbonyl (C=O) groups excluding carboxylic acids is 1. The topological polar surface area (TPSA) is 200 Å². The minimum absolute atomic E-state index is 0.275. The minimum Gasteiger partial charge on any atom is -0.379 e. The summed E-state index contributed by atoms with van der Waals surface area (Å²) in [5.74, 6) is 1.83. The number of aryl methyl sites for hydroxylation is 2. The van der Waals surface area contributed by atoms with Crippen molar-refractivity contribution in [3.63, 3.8) is 0 Å². The van der Waals surface area contributed by atoms with Crippen molar-refractivity contribution in [3.8, 4) is 0 Å². The van der Waals surface area contributed by atoms with E-state index in [2.05, 4.69) is 45.4 Å². The molecule has 1 fully saturated rings. The Kier molecular flexibility index (Phi) is 21.7. The summed E-state index contributed by atoms with van der Waals surface area (Å²) in [7, 11) is 0. The van der Waals surface area contributed by atoms with Crippen LogP contribution in [0, 0.1) is 13.8 Å². The molecule has 0 saturated carbocycles. The maximum atomic E-state index is 12.9. The lowest BCUT2D eigenvalue weighted by molar-refractivity contribution is -0.0208. The number of anilines is 4. The van der Waals surface area contributed by atoms with Gasteiger partial charge >= 0.3 is 0 Å². The number of nitrogens with one attached hydrogen (secondary N) is 2. The van der Waals surface area contributed by atoms with Crippen molar-refractivity contribution in [2.24, 2.45) is 5.11 Å². The van der Waals surface area contributed by atoms with Gasteiger partial charge in [-0.25, -0.2) is 15.0 Å². The Morgan fingerprint density at radius 2 is 1.41 bits per heavy atom. The first kappa shape index (κ1) is 45.0. The molecule has 2 aromatic heterocycles. The fourth-order valence-corrected chi connectivity index (χ4v) is 6.24. The second-order valence-electron chi connectivity index (χ2n) is 12.3. The zero-order valence-corrected chi connectivity index (χ0v) is 33.7. The predicted octanol–water partition coefficient (Wildman–Crippen LogP) is 4.75. The third-order valence-corrected chi connectivity index (χ3v) is 9.35. The summed E-state index contributed by atoms with van der Waals surface area (Å²) in [6, 6.07) is 7.39. The number of benzene rings is 1. The van der Waals surface area contributed by atoms with E-state index in [1.54, 1.807) is 6.07 Å². The molecular weight excluding hydrogens is 768 g/mol. The molecule has 0 atom stereocenters. The van der Waals surface area contributed by atoms with Gasteiger partial charge in [-0.05, 0) is 31.0 Å². The molecule has 2 N–H and O–H groups in total. The second kappa shape index (κ2) is 27.0. The van der Waals surface area contributed by atoms with E-state index in [9.17, 15) is 4.79 Å². The summed E-state index contributed by atoms with van der Waals surface area (Å²) in [4.78, 5) is 34.2. The maximum Gasteiger partial charge on any atom is 0.267 e. The lowest BCUT2D eigenvalue weighted by Crippen LogP contribution is -2.47. The Morgan fingerprint density at radius 1 is 0.839 bits per heavy atom. The summed E-state index contributed by atoms with van der Waals surface area (Å²) < 4.78 is 38.5. The van der Waals surface area contributed by atoms with Gasteiger partial charge in [-0.3, -0.25) is 9.69 Å². The Labute approximate surface area is 336 Å². The number of carbonyl (C=O) groups is 1. The minimum atomic E-state index is -0.275. The van der Waals surface area contributed by atoms with Gasteiger partial charge < -0.3 is 48.7 Å². The highest BCUT2D eigenvalue weighted by Crippen LogP contribution is 2.28. The van der Waals surface area contributed by atoms with E-state index in [-0.39, 0.29) is 5.91 Å². The van der Waals surface area contributed by atoms with Crippen molar-refractivity contribution in [2.45, 2.75) is 13.8 Å². The number of azide groups is 1. The number of amides is 1. The smallest absolute Gasteiger partial charge is 0.267 e. The van der Waals surface area contributed by atoms with Crippen LogP contribution in [0.5, 0.6) is 0 Å². The first-order chi connectivity index (χ1) is 27.4. The van der Waals surface area contributed by atoms with E-state index < -0.39 is 0 Å². The number of nitrogens with zero attached hydrogens (tertiary/aromatic N) is 8. The molecule has 0 spiro atoms. The van der Waals surface area contributed by atoms with Gasteiger partial charge in [0, 0.05) is 50.2 Å². The van der Waals surface area contributed by atoms with Crippen LogP contribution in [0.3, 0.4) is 0 Å². The zero-order valence-electron chi connectivity index (χ0n) is 32.2. The molecule has 20 heteroatoms. The van der Waals surface area contributed by atoms with Crippen LogP contribution >= 0.6 is 22.9 Å². The van der Waals surface area contributed by atoms with Crippen LogP contribution in [0.15, 0.2) is 35.6 Å². The molecule has 1 aliphatic heterocycles. The zero-order chi connectivity index (χ0) is 39.6. The summed E-state index contributed by atoms with van der Waals surface area (Å²) in [6.45, 7) is 15.3. The number of halogens is 1. The Hall–Kier alpha value is -3.72. The number of ether oxygens (including phenoxy) is 7. The first-order valence-electron chi connectivity index (χ1n) is 18.6. The molecule has 3 aromatic rings. The molecule has 0 radical (unpaired) electrons. The van der Waals surface area contributed by atoms with E-state index in [4.69, 9.17) is 50.3 Å². The average molecular weight is 821 g/mol. The van der Waals surface area contributed by atoms with Gasteiger partial charge in [0.15, 0.2) is 5.13 Å². The van der Waals surface area contributed by atoms with Gasteiger partial charge in [0.1, 0.15) is 22.3 Å². The highest BCUT2D eigenvalue weighted by Gasteiger charge is 2.20. The predicted molar refractivity (Wildman–Crippen MR) is 215 cm³/mol. The van der Waals surface area contributed by atoms with Crippen LogP contribution in [0.4, 0.5) is 22.5 Å². The molecule has 1 amide bonds. The van der Waals surface area contributed by atoms with Crippen molar-refractivity contribution in [2.75, 3.05) is 147 Å². The normalized spacial score (nSPS) is 13.2. The van der Waals surface area contributed by atoms with Crippen LogP contribution < -0.4 is 15.5 Å². The van der Waals surface area contributed by atoms with Gasteiger partial charge in [0.05, 0.1) is 109 Å². The van der Waals surface area contributed by atoms with E-state index in [1.165, 1.54) is 17.5 Å². The Balaban J connectivity index is 0.964. The molecule has 56 heavy (non-hydrogen) atoms. The highest BCUT2D eigenvalue weighted by atomic mass is 35.5. The third kappa shape index (κ3) is 17.6. The van der Waals surface area contributed by atoms with Crippen LogP contribution in [-0.4, -0.2) is 158 Å². The van der Waals surface area contributed by atoms with E-state index >= 15 is 0 Å². The maximum absolute atomic E-state index is 12.9. The van der Waals surface area contributed by atoms with Gasteiger partial charge in [-0.15, -0.1) is 0 Å². The van der Waals surface area contributed by atoms with Crippen molar-refractivity contribution in [3.05, 3.63) is 62.2 Å². The number of para-hydroxylation sites is 1. The van der Waals surface area contributed by atoms with Crippen molar-refractivity contribution in [1.82, 2.24) is 19.9 Å². The van der Waals surface area contributed by atoms with Crippen molar-refractivity contribution >= 4 is 51.3 Å². The molecular formula is C36H53ClN10O8S. The molecule has 18 nitrogen and oxygen atoms in total. The van der Waals surface area contributed by atoms with Gasteiger partial charge in [-0.1, -0.05) is 40.2 Å². The van der Waals surface area contributed by atoms with E-state index in [0.717, 1.165) is 44.1 Å². The molecule has 1 aromatic carbocycles. The van der Waals surface area contributed by atoms with Gasteiger partial charge in [0.25, 0.3) is 5.91 Å². The number of aromatic nitrogens is 3. The monoisotopic (exact) mass is 820 g/mol. The summed E-state index contributed by atoms with van der Waals surface area (Å²) in [6.07, 6.45) is 1.54. The number of thiazole rings is 1. The summed E-state index contributed by atoms with van der Waals surface area (Å²) >= 11 is 7.52. The van der Waals surface area contributed by atoms with Crippen molar-refractivity contribution < 1.29 is 38.0 Å². The van der Waals surface area contributed by atoms with Crippen LogP contribution in [0.25, 0.3) is 10.4 Å². The Morgan fingerprint density at radius 3 is 1.98 bits per heavy atom. The molecule has 308 valence electrons. The lowest BCUT2D eigenvalue weighted by Gasteiger charge is -2.35. The largest absolute Gasteiger partial charge is 0.379 e. The van der Waals surface area contributed by atoms with Crippen molar-refractivity contribution in [1.29, 1.82) is 0 Å².